The van der Waals surface area contributed by atoms with Gasteiger partial charge in [-0.15, -0.1) is 0 Å². The first-order chi connectivity index (χ1) is 12.3. The Hall–Kier alpha value is -2.81. The summed E-state index contributed by atoms with van der Waals surface area (Å²) in [5.74, 6) is -0.0154. The topological polar surface area (TPSA) is 44.9 Å². The van der Waals surface area contributed by atoms with Gasteiger partial charge in [-0.2, -0.15) is 0 Å². The molecule has 134 valence electrons. The molecule has 1 heterocycles. The molecule has 0 aliphatic carbocycles. The fourth-order valence-corrected chi connectivity index (χ4v) is 3.20. The molecule has 0 bridgehead atoms. The van der Waals surface area contributed by atoms with Gasteiger partial charge in [0.25, 0.3) is 0 Å². The van der Waals surface area contributed by atoms with E-state index in [1.165, 1.54) is 22.1 Å². The van der Waals surface area contributed by atoms with Crippen LogP contribution in [0.15, 0.2) is 48.2 Å². The van der Waals surface area contributed by atoms with Crippen molar-refractivity contribution >= 4 is 22.9 Å². The molecule has 3 nitrogen and oxygen atoms in total. The second-order valence-corrected chi connectivity index (χ2v) is 7.26. The van der Waals surface area contributed by atoms with Gasteiger partial charge in [-0.25, -0.2) is 0 Å². The Morgan fingerprint density at radius 3 is 2.58 bits per heavy atom. The first-order valence-corrected chi connectivity index (χ1v) is 9.03. The van der Waals surface area contributed by atoms with E-state index in [0.29, 0.717) is 0 Å². The fourth-order valence-electron chi connectivity index (χ4n) is 3.20. The van der Waals surface area contributed by atoms with Crippen molar-refractivity contribution in [3.05, 3.63) is 64.9 Å². The molecule has 2 N–H and O–H groups in total. The van der Waals surface area contributed by atoms with Crippen LogP contribution in [0.5, 0.6) is 0 Å². The molecule has 0 fully saturated rings. The fraction of sp³-hybridized carbons (Fsp3) is 0.261. The monoisotopic (exact) mass is 346 g/mol. The number of H-pyrrole nitrogens is 1. The highest BCUT2D eigenvalue weighted by Gasteiger charge is 2.10. The number of benzene rings is 2. The third kappa shape index (κ3) is 3.72. The number of nitrogens with one attached hydrogen (secondary N) is 2. The van der Waals surface area contributed by atoms with Gasteiger partial charge in [0, 0.05) is 23.3 Å². The molecular weight excluding hydrogens is 320 g/mol. The number of fused-ring (bicyclic) bond motifs is 1. The number of aryl methyl sites for hydroxylation is 2. The lowest BCUT2D eigenvalue weighted by atomic mass is 9.93. The van der Waals surface area contributed by atoms with Gasteiger partial charge in [0.2, 0.25) is 5.91 Å². The van der Waals surface area contributed by atoms with Crippen molar-refractivity contribution < 1.29 is 4.79 Å². The Morgan fingerprint density at radius 2 is 1.85 bits per heavy atom. The van der Waals surface area contributed by atoms with Crippen molar-refractivity contribution in [3.63, 3.8) is 0 Å². The second kappa shape index (κ2) is 7.20. The standard InChI is InChI=1S/C23H26N2O/c1-14(2)25-23(26)17(5)11-20-10-16(4)21(12-15(20)3)19-7-6-18-8-9-24-22(18)13-19/h6-14,24H,1-5H3,(H,25,26). The Balaban J connectivity index is 1.96. The summed E-state index contributed by atoms with van der Waals surface area (Å²) in [6.07, 6.45) is 3.93. The van der Waals surface area contributed by atoms with Crippen LogP contribution in [-0.4, -0.2) is 16.9 Å². The largest absolute Gasteiger partial charge is 0.361 e. The van der Waals surface area contributed by atoms with Crippen molar-refractivity contribution in [1.82, 2.24) is 10.3 Å². The van der Waals surface area contributed by atoms with E-state index in [-0.39, 0.29) is 11.9 Å². The Kier molecular flexibility index (Phi) is 4.99. The summed E-state index contributed by atoms with van der Waals surface area (Å²) in [6, 6.07) is 13.1. The van der Waals surface area contributed by atoms with E-state index in [9.17, 15) is 4.79 Å². The van der Waals surface area contributed by atoms with Crippen molar-refractivity contribution in [2.24, 2.45) is 0 Å². The number of carbonyl (C=O) groups excluding carboxylic acids is 1. The first kappa shape index (κ1) is 18.0. The van der Waals surface area contributed by atoms with Crippen LogP contribution in [0.4, 0.5) is 0 Å². The summed E-state index contributed by atoms with van der Waals surface area (Å²) in [5.41, 5.74) is 7.74. The van der Waals surface area contributed by atoms with Crippen LogP contribution >= 0.6 is 0 Å². The number of hydrogen-bond acceptors (Lipinski definition) is 1. The van der Waals surface area contributed by atoms with Crippen LogP contribution in [0, 0.1) is 13.8 Å². The van der Waals surface area contributed by atoms with E-state index in [1.807, 2.05) is 33.0 Å². The number of hydrogen-bond donors (Lipinski definition) is 2. The van der Waals surface area contributed by atoms with Gasteiger partial charge in [0.1, 0.15) is 0 Å². The summed E-state index contributed by atoms with van der Waals surface area (Å²) in [4.78, 5) is 15.4. The van der Waals surface area contributed by atoms with E-state index >= 15 is 0 Å². The normalized spacial score (nSPS) is 12.0. The molecule has 0 saturated heterocycles. The first-order valence-electron chi connectivity index (χ1n) is 9.03. The van der Waals surface area contributed by atoms with Crippen LogP contribution in [0.25, 0.3) is 28.1 Å². The molecule has 0 saturated carbocycles. The molecule has 0 unspecified atom stereocenters. The van der Waals surface area contributed by atoms with Crippen LogP contribution in [0.3, 0.4) is 0 Å². The smallest absolute Gasteiger partial charge is 0.247 e. The van der Waals surface area contributed by atoms with Crippen molar-refractivity contribution in [2.45, 2.75) is 40.7 Å². The van der Waals surface area contributed by atoms with Crippen LogP contribution < -0.4 is 5.32 Å². The minimum atomic E-state index is -0.0154. The van der Waals surface area contributed by atoms with Crippen LogP contribution in [0.1, 0.15) is 37.5 Å². The van der Waals surface area contributed by atoms with Gasteiger partial charge in [-0.3, -0.25) is 4.79 Å². The number of carbonyl (C=O) groups is 1. The highest BCUT2D eigenvalue weighted by atomic mass is 16.1. The molecule has 0 atom stereocenters. The highest BCUT2D eigenvalue weighted by molar-refractivity contribution is 5.97. The summed E-state index contributed by atoms with van der Waals surface area (Å²) in [7, 11) is 0. The zero-order valence-corrected chi connectivity index (χ0v) is 16.1. The molecule has 1 amide bonds. The van der Waals surface area contributed by atoms with Crippen molar-refractivity contribution in [3.8, 4) is 11.1 Å². The Labute approximate surface area is 155 Å². The van der Waals surface area contributed by atoms with Gasteiger partial charge in [0.15, 0.2) is 0 Å². The molecule has 2 aromatic carbocycles. The summed E-state index contributed by atoms with van der Waals surface area (Å²) in [5, 5.41) is 4.15. The van der Waals surface area contributed by atoms with Gasteiger partial charge >= 0.3 is 0 Å². The lowest BCUT2D eigenvalue weighted by Crippen LogP contribution is -2.30. The van der Waals surface area contributed by atoms with Gasteiger partial charge in [0.05, 0.1) is 0 Å². The molecule has 3 aromatic rings. The maximum absolute atomic E-state index is 12.2. The zero-order valence-electron chi connectivity index (χ0n) is 16.1. The maximum atomic E-state index is 12.2. The van der Waals surface area contributed by atoms with Crippen LogP contribution in [0.2, 0.25) is 0 Å². The molecule has 0 aliphatic rings. The molecule has 3 heteroatoms. The molecule has 3 rings (SSSR count). The van der Waals surface area contributed by atoms with E-state index in [4.69, 9.17) is 0 Å². The number of rotatable bonds is 4. The maximum Gasteiger partial charge on any atom is 0.247 e. The molecule has 0 radical (unpaired) electrons. The van der Waals surface area contributed by atoms with E-state index in [2.05, 4.69) is 60.5 Å². The minimum Gasteiger partial charge on any atom is -0.361 e. The molecule has 26 heavy (non-hydrogen) atoms. The third-order valence-electron chi connectivity index (χ3n) is 4.63. The molecule has 0 aliphatic heterocycles. The average Bonchev–Trinajstić information content (AvgIpc) is 3.04. The molecule has 1 aromatic heterocycles. The Morgan fingerprint density at radius 1 is 1.08 bits per heavy atom. The summed E-state index contributed by atoms with van der Waals surface area (Å²) >= 11 is 0. The number of aromatic nitrogens is 1. The molecular formula is C23H26N2O. The van der Waals surface area contributed by atoms with Crippen molar-refractivity contribution in [1.29, 1.82) is 0 Å². The zero-order chi connectivity index (χ0) is 18.8. The highest BCUT2D eigenvalue weighted by Crippen LogP contribution is 2.29. The van der Waals surface area contributed by atoms with Gasteiger partial charge < -0.3 is 10.3 Å². The predicted molar refractivity (Wildman–Crippen MR) is 110 cm³/mol. The quantitative estimate of drug-likeness (QED) is 0.612. The van der Waals surface area contributed by atoms with E-state index in [0.717, 1.165) is 22.2 Å². The van der Waals surface area contributed by atoms with Gasteiger partial charge in [-0.1, -0.05) is 24.3 Å². The Bertz CT molecular complexity index is 993. The predicted octanol–water partition coefficient (Wildman–Crippen LogP) is 5.38. The van der Waals surface area contributed by atoms with Gasteiger partial charge in [-0.05, 0) is 86.0 Å². The van der Waals surface area contributed by atoms with Crippen molar-refractivity contribution in [2.75, 3.05) is 0 Å². The summed E-state index contributed by atoms with van der Waals surface area (Å²) in [6.45, 7) is 10.0. The summed E-state index contributed by atoms with van der Waals surface area (Å²) < 4.78 is 0. The van der Waals surface area contributed by atoms with E-state index in [1.54, 1.807) is 0 Å². The SMILES string of the molecule is CC(=Cc1cc(C)c(-c2ccc3cc[nH]c3c2)cc1C)C(=O)NC(C)C. The second-order valence-electron chi connectivity index (χ2n) is 7.26. The average molecular weight is 346 g/mol. The third-order valence-corrected chi connectivity index (χ3v) is 4.63. The number of amides is 1. The lowest BCUT2D eigenvalue weighted by Gasteiger charge is -2.12. The van der Waals surface area contributed by atoms with Crippen LogP contribution in [-0.2, 0) is 4.79 Å². The molecule has 0 spiro atoms. The lowest BCUT2D eigenvalue weighted by molar-refractivity contribution is -0.117. The number of aromatic amines is 1. The minimum absolute atomic E-state index is 0.0154. The van der Waals surface area contributed by atoms with E-state index < -0.39 is 0 Å².